The van der Waals surface area contributed by atoms with E-state index in [2.05, 4.69) is 9.97 Å². The molecule has 2 heterocycles. The second kappa shape index (κ2) is 3.46. The standard InChI is InChI=1S/C13H9ClN4O/c14-8-5-16-12-13(19)17-10-7-4-2-1-3-6(7)9(15)11(10)18(8)12/h1-5,9H,15H2,(H,17,19). The van der Waals surface area contributed by atoms with Gasteiger partial charge in [0.1, 0.15) is 5.15 Å². The Morgan fingerprint density at radius 1 is 1.37 bits per heavy atom. The van der Waals surface area contributed by atoms with E-state index in [4.69, 9.17) is 17.3 Å². The summed E-state index contributed by atoms with van der Waals surface area (Å²) < 4.78 is 1.63. The number of H-pyrrole nitrogens is 1. The first-order valence-electron chi connectivity index (χ1n) is 5.82. The van der Waals surface area contributed by atoms with Crippen molar-refractivity contribution >= 4 is 17.2 Å². The average Bonchev–Trinajstić information content (AvgIpc) is 2.92. The van der Waals surface area contributed by atoms with Gasteiger partial charge in [-0.1, -0.05) is 35.9 Å². The van der Waals surface area contributed by atoms with Gasteiger partial charge in [0.2, 0.25) is 5.65 Å². The van der Waals surface area contributed by atoms with Gasteiger partial charge in [0, 0.05) is 5.56 Å². The monoisotopic (exact) mass is 272 g/mol. The van der Waals surface area contributed by atoms with Crippen molar-refractivity contribution in [3.05, 3.63) is 57.2 Å². The highest BCUT2D eigenvalue weighted by Crippen LogP contribution is 2.40. The lowest BCUT2D eigenvalue weighted by Crippen LogP contribution is -2.18. The lowest BCUT2D eigenvalue weighted by Gasteiger charge is -2.09. The molecule has 0 aliphatic heterocycles. The van der Waals surface area contributed by atoms with E-state index in [1.807, 2.05) is 24.3 Å². The van der Waals surface area contributed by atoms with E-state index in [1.54, 1.807) is 4.40 Å². The van der Waals surface area contributed by atoms with Gasteiger partial charge in [-0.25, -0.2) is 4.98 Å². The van der Waals surface area contributed by atoms with Crippen molar-refractivity contribution in [1.29, 1.82) is 0 Å². The lowest BCUT2D eigenvalue weighted by atomic mass is 10.1. The summed E-state index contributed by atoms with van der Waals surface area (Å²) in [4.78, 5) is 18.9. The fourth-order valence-electron chi connectivity index (χ4n) is 2.71. The van der Waals surface area contributed by atoms with Crippen LogP contribution in [0, 0.1) is 0 Å². The van der Waals surface area contributed by atoms with E-state index in [1.165, 1.54) is 6.20 Å². The quantitative estimate of drug-likeness (QED) is 0.654. The van der Waals surface area contributed by atoms with E-state index >= 15 is 0 Å². The predicted octanol–water partition coefficient (Wildman–Crippen LogP) is 1.70. The van der Waals surface area contributed by atoms with Crippen LogP contribution in [0.5, 0.6) is 0 Å². The van der Waals surface area contributed by atoms with Crippen molar-refractivity contribution in [3.8, 4) is 11.3 Å². The number of benzene rings is 1. The van der Waals surface area contributed by atoms with E-state index in [9.17, 15) is 4.79 Å². The van der Waals surface area contributed by atoms with Gasteiger partial charge < -0.3 is 10.7 Å². The van der Waals surface area contributed by atoms with Crippen LogP contribution in [-0.4, -0.2) is 14.4 Å². The SMILES string of the molecule is NC1c2ccccc2-c2[nH]c(=O)c3ncc(Cl)n3c21. The van der Waals surface area contributed by atoms with Gasteiger partial charge in [0.15, 0.2) is 0 Å². The van der Waals surface area contributed by atoms with Crippen LogP contribution in [0.1, 0.15) is 17.3 Å². The number of aromatic amines is 1. The number of nitrogens with zero attached hydrogens (tertiary/aromatic N) is 2. The van der Waals surface area contributed by atoms with Crippen molar-refractivity contribution in [3.63, 3.8) is 0 Å². The number of nitrogens with two attached hydrogens (primary N) is 1. The second-order valence-electron chi connectivity index (χ2n) is 4.52. The third kappa shape index (κ3) is 1.23. The lowest BCUT2D eigenvalue weighted by molar-refractivity contribution is 0.826. The van der Waals surface area contributed by atoms with Crippen LogP contribution in [0.15, 0.2) is 35.3 Å². The molecule has 3 N–H and O–H groups in total. The van der Waals surface area contributed by atoms with Crippen LogP contribution < -0.4 is 11.3 Å². The summed E-state index contributed by atoms with van der Waals surface area (Å²) in [6.45, 7) is 0. The fraction of sp³-hybridized carbons (Fsp3) is 0.0769. The normalized spacial score (nSPS) is 16.6. The number of halogens is 1. The van der Waals surface area contributed by atoms with Crippen molar-refractivity contribution < 1.29 is 0 Å². The largest absolute Gasteiger partial charge is 0.319 e. The summed E-state index contributed by atoms with van der Waals surface area (Å²) in [5.41, 5.74) is 9.69. The minimum atomic E-state index is -0.322. The Kier molecular flexibility index (Phi) is 1.97. The minimum absolute atomic E-state index is 0.269. The van der Waals surface area contributed by atoms with Gasteiger partial charge in [-0.3, -0.25) is 9.20 Å². The number of aromatic nitrogens is 3. The summed E-state index contributed by atoms with van der Waals surface area (Å²) in [6.07, 6.45) is 1.46. The van der Waals surface area contributed by atoms with Crippen LogP contribution in [0.2, 0.25) is 5.15 Å². The molecule has 0 saturated carbocycles. The van der Waals surface area contributed by atoms with Gasteiger partial charge in [-0.2, -0.15) is 0 Å². The van der Waals surface area contributed by atoms with E-state index < -0.39 is 0 Å². The first-order chi connectivity index (χ1) is 9.18. The van der Waals surface area contributed by atoms with Crippen molar-refractivity contribution in [2.75, 3.05) is 0 Å². The molecule has 3 aromatic rings. The summed E-state index contributed by atoms with van der Waals surface area (Å²) in [5.74, 6) is 0. The maximum Gasteiger partial charge on any atom is 0.292 e. The molecular weight excluding hydrogens is 264 g/mol. The van der Waals surface area contributed by atoms with E-state index in [-0.39, 0.29) is 17.2 Å². The molecule has 19 heavy (non-hydrogen) atoms. The first-order valence-corrected chi connectivity index (χ1v) is 6.20. The van der Waals surface area contributed by atoms with Gasteiger partial charge in [-0.05, 0) is 5.56 Å². The molecule has 0 saturated heterocycles. The van der Waals surface area contributed by atoms with Crippen LogP contribution in [0.3, 0.4) is 0 Å². The zero-order valence-corrected chi connectivity index (χ0v) is 10.5. The minimum Gasteiger partial charge on any atom is -0.319 e. The molecule has 1 aliphatic rings. The summed E-state index contributed by atoms with van der Waals surface area (Å²) in [7, 11) is 0. The molecule has 1 aliphatic carbocycles. The highest BCUT2D eigenvalue weighted by atomic mass is 35.5. The zero-order valence-electron chi connectivity index (χ0n) is 9.72. The van der Waals surface area contributed by atoms with Gasteiger partial charge in [0.05, 0.1) is 23.6 Å². The maximum absolute atomic E-state index is 12.0. The third-order valence-electron chi connectivity index (χ3n) is 3.52. The topological polar surface area (TPSA) is 76.2 Å². The number of fused-ring (bicyclic) bond motifs is 5. The Balaban J connectivity index is 2.24. The Morgan fingerprint density at radius 2 is 2.16 bits per heavy atom. The maximum atomic E-state index is 12.0. The second-order valence-corrected chi connectivity index (χ2v) is 4.91. The van der Waals surface area contributed by atoms with Gasteiger partial charge in [-0.15, -0.1) is 0 Å². The Hall–Kier alpha value is -2.11. The zero-order chi connectivity index (χ0) is 13.1. The number of hydrogen-bond acceptors (Lipinski definition) is 3. The van der Waals surface area contributed by atoms with E-state index in [0.29, 0.717) is 5.15 Å². The Morgan fingerprint density at radius 3 is 3.00 bits per heavy atom. The van der Waals surface area contributed by atoms with E-state index in [0.717, 1.165) is 22.5 Å². The molecule has 0 amide bonds. The molecule has 1 atom stereocenters. The molecule has 5 nitrogen and oxygen atoms in total. The predicted molar refractivity (Wildman–Crippen MR) is 72.3 cm³/mol. The molecule has 1 aromatic carbocycles. The van der Waals surface area contributed by atoms with Gasteiger partial charge >= 0.3 is 0 Å². The molecule has 2 aromatic heterocycles. The molecule has 0 bridgehead atoms. The molecule has 0 spiro atoms. The molecule has 94 valence electrons. The third-order valence-corrected chi connectivity index (χ3v) is 3.78. The van der Waals surface area contributed by atoms with Crippen molar-refractivity contribution in [2.24, 2.45) is 5.73 Å². The Bertz CT molecular complexity index is 880. The summed E-state index contributed by atoms with van der Waals surface area (Å²) >= 11 is 6.13. The highest BCUT2D eigenvalue weighted by molar-refractivity contribution is 6.29. The molecule has 4 rings (SSSR count). The van der Waals surface area contributed by atoms with Crippen LogP contribution in [-0.2, 0) is 0 Å². The molecular formula is C13H9ClN4O. The first kappa shape index (κ1) is 10.8. The van der Waals surface area contributed by atoms with Crippen LogP contribution >= 0.6 is 11.6 Å². The van der Waals surface area contributed by atoms with Crippen molar-refractivity contribution in [2.45, 2.75) is 6.04 Å². The smallest absolute Gasteiger partial charge is 0.292 e. The molecule has 0 radical (unpaired) electrons. The Labute approximate surface area is 112 Å². The molecule has 6 heteroatoms. The fourth-order valence-corrected chi connectivity index (χ4v) is 2.93. The van der Waals surface area contributed by atoms with Crippen molar-refractivity contribution in [1.82, 2.24) is 14.4 Å². The van der Waals surface area contributed by atoms with Crippen LogP contribution in [0.4, 0.5) is 0 Å². The number of hydrogen-bond donors (Lipinski definition) is 2. The number of nitrogens with one attached hydrogen (secondary N) is 1. The molecule has 0 fully saturated rings. The number of imidazole rings is 1. The molecule has 1 unspecified atom stereocenters. The highest BCUT2D eigenvalue weighted by Gasteiger charge is 2.30. The van der Waals surface area contributed by atoms with Gasteiger partial charge in [0.25, 0.3) is 5.56 Å². The summed E-state index contributed by atoms with van der Waals surface area (Å²) in [5, 5.41) is 0.389. The van der Waals surface area contributed by atoms with Crippen LogP contribution in [0.25, 0.3) is 16.9 Å². The average molecular weight is 273 g/mol. The number of rotatable bonds is 0. The summed E-state index contributed by atoms with van der Waals surface area (Å²) in [6, 6.07) is 7.41.